The van der Waals surface area contributed by atoms with Crippen molar-refractivity contribution in [2.24, 2.45) is 11.7 Å². The van der Waals surface area contributed by atoms with E-state index in [0.717, 1.165) is 18.7 Å². The molecule has 1 saturated heterocycles. The monoisotopic (exact) mass is 292 g/mol. The van der Waals surface area contributed by atoms with E-state index < -0.39 is 0 Å². The molecule has 4 nitrogen and oxygen atoms in total. The average molecular weight is 293 g/mol. The van der Waals surface area contributed by atoms with Gasteiger partial charge in [-0.25, -0.2) is 0 Å². The minimum Gasteiger partial charge on any atom is -0.466 e. The SMILES string of the molecule is Cc1cc(C(=O)N2C[C@@H]3C[C@]3(N)C2)c(C)o1.Cl.Cl. The Bertz CT molecular complexity index is 475. The first-order chi connectivity index (χ1) is 7.49. The quantitative estimate of drug-likeness (QED) is 0.860. The van der Waals surface area contributed by atoms with E-state index in [1.54, 1.807) is 0 Å². The number of carbonyl (C=O) groups excluding carboxylic acids is 1. The van der Waals surface area contributed by atoms with E-state index in [2.05, 4.69) is 0 Å². The Morgan fingerprint density at radius 2 is 2.17 bits per heavy atom. The summed E-state index contributed by atoms with van der Waals surface area (Å²) < 4.78 is 5.38. The van der Waals surface area contributed by atoms with Crippen LogP contribution in [0, 0.1) is 19.8 Å². The molecule has 102 valence electrons. The molecule has 1 aliphatic heterocycles. The van der Waals surface area contributed by atoms with Crippen molar-refractivity contribution in [2.45, 2.75) is 25.8 Å². The largest absolute Gasteiger partial charge is 0.466 e. The van der Waals surface area contributed by atoms with Crippen LogP contribution >= 0.6 is 24.8 Å². The van der Waals surface area contributed by atoms with Crippen LogP contribution in [-0.4, -0.2) is 29.4 Å². The highest BCUT2D eigenvalue weighted by Gasteiger charge is 2.58. The first kappa shape index (κ1) is 15.3. The van der Waals surface area contributed by atoms with Crippen LogP contribution in [0.4, 0.5) is 0 Å². The number of furan rings is 1. The third kappa shape index (κ3) is 2.25. The molecule has 1 saturated carbocycles. The number of hydrogen-bond donors (Lipinski definition) is 1. The normalized spacial score (nSPS) is 28.2. The number of likely N-dealkylation sites (tertiary alicyclic amines) is 1. The van der Waals surface area contributed by atoms with E-state index in [0.29, 0.717) is 23.8 Å². The molecule has 0 aromatic carbocycles. The van der Waals surface area contributed by atoms with Gasteiger partial charge in [-0.05, 0) is 32.3 Å². The Balaban J connectivity index is 0.000000810. The zero-order valence-electron chi connectivity index (χ0n) is 10.4. The zero-order chi connectivity index (χ0) is 11.5. The lowest BCUT2D eigenvalue weighted by atomic mass is 10.2. The van der Waals surface area contributed by atoms with Gasteiger partial charge in [0.15, 0.2) is 0 Å². The van der Waals surface area contributed by atoms with E-state index in [-0.39, 0.29) is 36.3 Å². The van der Waals surface area contributed by atoms with Crippen molar-refractivity contribution in [3.8, 4) is 0 Å². The van der Waals surface area contributed by atoms with Crippen molar-refractivity contribution >= 4 is 30.7 Å². The van der Waals surface area contributed by atoms with E-state index in [9.17, 15) is 4.79 Å². The lowest BCUT2D eigenvalue weighted by molar-refractivity contribution is 0.0771. The van der Waals surface area contributed by atoms with Gasteiger partial charge < -0.3 is 15.1 Å². The van der Waals surface area contributed by atoms with Gasteiger partial charge in [0.05, 0.1) is 5.56 Å². The van der Waals surface area contributed by atoms with Crippen LogP contribution in [0.1, 0.15) is 28.3 Å². The summed E-state index contributed by atoms with van der Waals surface area (Å²) in [6.45, 7) is 5.18. The molecule has 6 heteroatoms. The second kappa shape index (κ2) is 4.76. The number of nitrogens with zero attached hydrogens (tertiary/aromatic N) is 1. The summed E-state index contributed by atoms with van der Waals surface area (Å²) in [6.07, 6.45) is 1.07. The van der Waals surface area contributed by atoms with Crippen molar-refractivity contribution in [3.05, 3.63) is 23.2 Å². The highest BCUT2D eigenvalue weighted by atomic mass is 35.5. The van der Waals surface area contributed by atoms with Gasteiger partial charge in [-0.2, -0.15) is 0 Å². The molecular formula is C12H18Cl2N2O2. The molecule has 0 unspecified atom stereocenters. The van der Waals surface area contributed by atoms with E-state index in [1.165, 1.54) is 0 Å². The first-order valence-corrected chi connectivity index (χ1v) is 5.65. The summed E-state index contributed by atoms with van der Waals surface area (Å²) in [7, 11) is 0. The van der Waals surface area contributed by atoms with Crippen LogP contribution in [0.3, 0.4) is 0 Å². The van der Waals surface area contributed by atoms with Crippen molar-refractivity contribution in [2.75, 3.05) is 13.1 Å². The van der Waals surface area contributed by atoms with Gasteiger partial charge in [0, 0.05) is 18.6 Å². The molecule has 1 aromatic rings. The van der Waals surface area contributed by atoms with Gasteiger partial charge >= 0.3 is 0 Å². The second-order valence-electron chi connectivity index (χ2n) is 5.15. The molecule has 2 atom stereocenters. The van der Waals surface area contributed by atoms with Gasteiger partial charge in [-0.1, -0.05) is 0 Å². The van der Waals surface area contributed by atoms with Crippen LogP contribution in [0.25, 0.3) is 0 Å². The molecule has 0 spiro atoms. The number of rotatable bonds is 1. The number of nitrogens with two attached hydrogens (primary N) is 1. The summed E-state index contributed by atoms with van der Waals surface area (Å²) >= 11 is 0. The van der Waals surface area contributed by atoms with E-state index in [4.69, 9.17) is 10.2 Å². The number of amides is 1. The molecule has 3 rings (SSSR count). The highest BCUT2D eigenvalue weighted by Crippen LogP contribution is 2.47. The maximum atomic E-state index is 12.2. The number of hydrogen-bond acceptors (Lipinski definition) is 3. The predicted octanol–water partition coefficient (Wildman–Crippen LogP) is 1.91. The molecule has 2 heterocycles. The zero-order valence-corrected chi connectivity index (χ0v) is 12.1. The summed E-state index contributed by atoms with van der Waals surface area (Å²) in [6, 6.07) is 1.81. The third-order valence-corrected chi connectivity index (χ3v) is 3.76. The first-order valence-electron chi connectivity index (χ1n) is 5.65. The van der Waals surface area contributed by atoms with Gasteiger partial charge in [0.2, 0.25) is 0 Å². The molecule has 1 aliphatic carbocycles. The predicted molar refractivity (Wildman–Crippen MR) is 73.6 cm³/mol. The van der Waals surface area contributed by atoms with Gasteiger partial charge in [0.25, 0.3) is 5.91 Å². The van der Waals surface area contributed by atoms with Crippen molar-refractivity contribution < 1.29 is 9.21 Å². The summed E-state index contributed by atoms with van der Waals surface area (Å²) in [5.41, 5.74) is 6.69. The Kier molecular flexibility index (Phi) is 4.06. The third-order valence-electron chi connectivity index (χ3n) is 3.76. The summed E-state index contributed by atoms with van der Waals surface area (Å²) in [4.78, 5) is 14.1. The number of piperidine rings is 1. The number of fused-ring (bicyclic) bond motifs is 1. The second-order valence-corrected chi connectivity index (χ2v) is 5.15. The van der Waals surface area contributed by atoms with Gasteiger partial charge in [0.1, 0.15) is 11.5 Å². The van der Waals surface area contributed by atoms with E-state index in [1.807, 2.05) is 24.8 Å². The van der Waals surface area contributed by atoms with Crippen LogP contribution < -0.4 is 5.73 Å². The maximum Gasteiger partial charge on any atom is 0.257 e. The van der Waals surface area contributed by atoms with Crippen LogP contribution in [-0.2, 0) is 0 Å². The molecule has 18 heavy (non-hydrogen) atoms. The molecule has 2 aliphatic rings. The smallest absolute Gasteiger partial charge is 0.257 e. The van der Waals surface area contributed by atoms with Crippen LogP contribution in [0.2, 0.25) is 0 Å². The van der Waals surface area contributed by atoms with Gasteiger partial charge in [-0.3, -0.25) is 4.79 Å². The van der Waals surface area contributed by atoms with Crippen molar-refractivity contribution in [1.82, 2.24) is 4.90 Å². The Labute approximate surface area is 119 Å². The summed E-state index contributed by atoms with van der Waals surface area (Å²) in [5.74, 6) is 2.07. The molecule has 2 fully saturated rings. The minimum absolute atomic E-state index is 0. The Morgan fingerprint density at radius 1 is 1.50 bits per heavy atom. The van der Waals surface area contributed by atoms with Crippen LogP contribution in [0.15, 0.2) is 10.5 Å². The van der Waals surface area contributed by atoms with Crippen LogP contribution in [0.5, 0.6) is 0 Å². The molecule has 0 bridgehead atoms. The fraction of sp³-hybridized carbons (Fsp3) is 0.583. The Hall–Kier alpha value is -0.710. The standard InChI is InChI=1S/C12H16N2O2.2ClH/c1-7-3-10(8(2)16-7)11(15)14-5-9-4-12(9,13)6-14;;/h3,9H,4-6,13H2,1-2H3;2*1H/t9-,12-;;/m0../s1. The van der Waals surface area contributed by atoms with Crippen molar-refractivity contribution in [1.29, 1.82) is 0 Å². The Morgan fingerprint density at radius 3 is 2.61 bits per heavy atom. The average Bonchev–Trinajstić information content (AvgIpc) is 2.54. The summed E-state index contributed by atoms with van der Waals surface area (Å²) in [5, 5.41) is 0. The van der Waals surface area contributed by atoms with Crippen molar-refractivity contribution in [3.63, 3.8) is 0 Å². The number of aryl methyl sites for hydroxylation is 2. The molecule has 1 aromatic heterocycles. The maximum absolute atomic E-state index is 12.2. The fourth-order valence-corrected chi connectivity index (χ4v) is 2.69. The molecular weight excluding hydrogens is 275 g/mol. The number of halogens is 2. The van der Waals surface area contributed by atoms with E-state index >= 15 is 0 Å². The molecule has 1 amide bonds. The molecule has 2 N–H and O–H groups in total. The number of carbonyl (C=O) groups is 1. The topological polar surface area (TPSA) is 59.5 Å². The fourth-order valence-electron chi connectivity index (χ4n) is 2.69. The minimum atomic E-state index is -0.0810. The highest BCUT2D eigenvalue weighted by molar-refractivity contribution is 5.95. The van der Waals surface area contributed by atoms with Gasteiger partial charge in [-0.15, -0.1) is 24.8 Å². The lowest BCUT2D eigenvalue weighted by Crippen LogP contribution is -2.37. The molecule has 0 radical (unpaired) electrons. The lowest BCUT2D eigenvalue weighted by Gasteiger charge is -2.18.